The first-order chi connectivity index (χ1) is 13.2. The minimum Gasteiger partial charge on any atom is -0.366 e. The zero-order valence-corrected chi connectivity index (χ0v) is 24.2. The Bertz CT molecular complexity index is 783. The summed E-state index contributed by atoms with van der Waals surface area (Å²) in [6, 6.07) is 0. The summed E-state index contributed by atoms with van der Waals surface area (Å²) in [4.78, 5) is 0. The van der Waals surface area contributed by atoms with Crippen LogP contribution in [0.5, 0.6) is 0 Å². The smallest absolute Gasteiger partial charge is 0.113 e. The van der Waals surface area contributed by atoms with E-state index in [1.165, 1.54) is 22.3 Å². The number of ether oxygens (including phenoxy) is 1. The summed E-state index contributed by atoms with van der Waals surface area (Å²) < 4.78 is 6.96. The molecule has 0 N–H and O–H groups in total. The third kappa shape index (κ3) is 3.52. The van der Waals surface area contributed by atoms with Gasteiger partial charge in [-0.05, 0) is 85.8 Å². The molecule has 0 saturated carbocycles. The summed E-state index contributed by atoms with van der Waals surface area (Å²) in [5.41, 5.74) is 12.1. The van der Waals surface area contributed by atoms with Gasteiger partial charge in [0.1, 0.15) is 5.60 Å². The van der Waals surface area contributed by atoms with Crippen molar-refractivity contribution >= 4 is 0 Å². The van der Waals surface area contributed by atoms with Crippen molar-refractivity contribution in [2.24, 2.45) is 22.7 Å². The molecule has 0 spiro atoms. The molecule has 1 heterocycles. The summed E-state index contributed by atoms with van der Waals surface area (Å²) in [5, 5.41) is 0. The van der Waals surface area contributed by atoms with Gasteiger partial charge in [-0.1, -0.05) is 66.5 Å². The van der Waals surface area contributed by atoms with Crippen molar-refractivity contribution in [2.45, 2.75) is 102 Å². The fourth-order valence-corrected chi connectivity index (χ4v) is 6.81. The van der Waals surface area contributed by atoms with E-state index in [-0.39, 0.29) is 56.8 Å². The van der Waals surface area contributed by atoms with Crippen molar-refractivity contribution in [1.82, 2.24) is 0 Å². The molecule has 0 unspecified atom stereocenters. The minimum absolute atomic E-state index is 0. The summed E-state index contributed by atoms with van der Waals surface area (Å²) >= 11 is 0. The summed E-state index contributed by atoms with van der Waals surface area (Å²) in [7, 11) is 0. The molecule has 3 rings (SSSR count). The first-order valence-corrected chi connectivity index (χ1v) is 11.7. The van der Waals surface area contributed by atoms with E-state index in [1.54, 1.807) is 22.3 Å². The largest absolute Gasteiger partial charge is 0.366 e. The fourth-order valence-electron chi connectivity index (χ4n) is 6.81. The molecule has 0 radical (unpaired) electrons. The Labute approximate surface area is 219 Å². The Morgan fingerprint density at radius 1 is 0.700 bits per heavy atom. The van der Waals surface area contributed by atoms with E-state index in [0.717, 1.165) is 19.4 Å². The third-order valence-corrected chi connectivity index (χ3v) is 8.58. The molecule has 0 amide bonds. The van der Waals surface area contributed by atoms with Gasteiger partial charge in [-0.25, -0.2) is 0 Å². The molecule has 0 aromatic rings. The van der Waals surface area contributed by atoms with Crippen LogP contribution in [-0.2, 0) is 4.74 Å². The molecule has 1 saturated heterocycles. The van der Waals surface area contributed by atoms with Crippen molar-refractivity contribution < 1.29 is 45.1 Å². The maximum Gasteiger partial charge on any atom is 0.113 e. The number of hydrogen-bond acceptors (Lipinski definition) is 1. The molecule has 0 atom stereocenters. The van der Waals surface area contributed by atoms with E-state index >= 15 is 0 Å². The number of hydrogen-bond donors (Lipinski definition) is 0. The fraction of sp³-hybridized carbons (Fsp3) is 0.714. The van der Waals surface area contributed by atoms with Crippen LogP contribution in [0.2, 0.25) is 0 Å². The van der Waals surface area contributed by atoms with Gasteiger partial charge < -0.3 is 4.74 Å². The molecule has 0 aromatic carbocycles. The molecule has 1 fully saturated rings. The topological polar surface area (TPSA) is 9.23 Å². The SMILES string of the molecule is CC1=C(C)C(C)(C)C(C2(C3=C(C(C)C)C(C)=C(C)C3(C)C)CCCO2)=C1C(C)C.[Sm]. The van der Waals surface area contributed by atoms with Crippen LogP contribution in [0, 0.1) is 63.1 Å². The van der Waals surface area contributed by atoms with Gasteiger partial charge in [-0.15, -0.1) is 0 Å². The second kappa shape index (κ2) is 8.55. The van der Waals surface area contributed by atoms with Crippen LogP contribution in [0.3, 0.4) is 0 Å². The molecule has 0 aromatic heterocycles. The van der Waals surface area contributed by atoms with Gasteiger partial charge in [-0.2, -0.15) is 0 Å². The average molecular weight is 547 g/mol. The maximum atomic E-state index is 6.96. The number of rotatable bonds is 4. The Balaban J connectivity index is 0.00000320. The molecule has 30 heavy (non-hydrogen) atoms. The second-order valence-corrected chi connectivity index (χ2v) is 11.4. The molecule has 2 aliphatic carbocycles. The van der Waals surface area contributed by atoms with Crippen LogP contribution in [-0.4, -0.2) is 12.2 Å². The monoisotopic (exact) mass is 548 g/mol. The van der Waals surface area contributed by atoms with E-state index < -0.39 is 0 Å². The van der Waals surface area contributed by atoms with Crippen molar-refractivity contribution in [3.8, 4) is 0 Å². The molecule has 168 valence electrons. The van der Waals surface area contributed by atoms with Crippen molar-refractivity contribution in [3.63, 3.8) is 0 Å². The Kier molecular flexibility index (Phi) is 7.56. The minimum atomic E-state index is -0.274. The van der Waals surface area contributed by atoms with E-state index in [4.69, 9.17) is 4.74 Å². The predicted molar refractivity (Wildman–Crippen MR) is 126 cm³/mol. The summed E-state index contributed by atoms with van der Waals surface area (Å²) in [6.45, 7) is 29.4. The van der Waals surface area contributed by atoms with Crippen molar-refractivity contribution in [1.29, 1.82) is 0 Å². The van der Waals surface area contributed by atoms with Gasteiger partial charge >= 0.3 is 0 Å². The maximum absolute atomic E-state index is 6.96. The van der Waals surface area contributed by atoms with Crippen LogP contribution in [0.1, 0.15) is 95.9 Å². The van der Waals surface area contributed by atoms with E-state index in [0.29, 0.717) is 11.8 Å². The molecular formula is C28H44OSm. The van der Waals surface area contributed by atoms with Gasteiger partial charge in [0.25, 0.3) is 0 Å². The zero-order chi connectivity index (χ0) is 22.1. The molecule has 0 bridgehead atoms. The molecule has 1 nitrogen and oxygen atoms in total. The van der Waals surface area contributed by atoms with Gasteiger partial charge in [0.15, 0.2) is 0 Å². The molecule has 3 aliphatic rings. The number of allylic oxidation sites excluding steroid dienone is 6. The van der Waals surface area contributed by atoms with Crippen LogP contribution < -0.4 is 0 Å². The standard InChI is InChI=1S/C28H44O.Sm/c1-16(2)22-18(5)20(7)26(9,10)24(22)28(14-13-15-29-28)25-23(17(3)4)19(6)21(8)27(25,11)12;/h16-17H,13-15H2,1-12H3;. The second-order valence-electron chi connectivity index (χ2n) is 11.4. The van der Waals surface area contributed by atoms with Crippen LogP contribution in [0.25, 0.3) is 0 Å². The Morgan fingerprint density at radius 3 is 1.33 bits per heavy atom. The van der Waals surface area contributed by atoms with Crippen LogP contribution in [0.15, 0.2) is 44.6 Å². The third-order valence-electron chi connectivity index (χ3n) is 8.58. The predicted octanol–water partition coefficient (Wildman–Crippen LogP) is 8.19. The van der Waals surface area contributed by atoms with Crippen molar-refractivity contribution in [2.75, 3.05) is 6.61 Å². The molecule has 1 aliphatic heterocycles. The molecule has 2 heteroatoms. The van der Waals surface area contributed by atoms with Crippen LogP contribution in [0.4, 0.5) is 0 Å². The quantitative estimate of drug-likeness (QED) is 0.345. The first kappa shape index (κ1) is 26.5. The summed E-state index contributed by atoms with van der Waals surface area (Å²) in [6.07, 6.45) is 2.25. The average Bonchev–Trinajstić information content (AvgIpc) is 3.20. The van der Waals surface area contributed by atoms with Gasteiger partial charge in [-0.3, -0.25) is 0 Å². The zero-order valence-electron chi connectivity index (χ0n) is 21.6. The van der Waals surface area contributed by atoms with E-state index in [1.807, 2.05) is 0 Å². The normalized spacial score (nSPS) is 25.4. The van der Waals surface area contributed by atoms with Crippen molar-refractivity contribution in [3.05, 3.63) is 44.6 Å². The first-order valence-electron chi connectivity index (χ1n) is 11.7. The Hall–Kier alpha value is 0.258. The van der Waals surface area contributed by atoms with Gasteiger partial charge in [0.05, 0.1) is 0 Å². The van der Waals surface area contributed by atoms with E-state index in [2.05, 4.69) is 83.1 Å². The van der Waals surface area contributed by atoms with Gasteiger partial charge in [0, 0.05) is 57.8 Å². The Morgan fingerprint density at radius 2 is 1.07 bits per heavy atom. The van der Waals surface area contributed by atoms with Crippen LogP contribution >= 0.6 is 0 Å². The molecular weight excluding hydrogens is 503 g/mol. The summed E-state index contributed by atoms with van der Waals surface area (Å²) in [5.74, 6) is 1.01. The van der Waals surface area contributed by atoms with E-state index in [9.17, 15) is 0 Å². The van der Waals surface area contributed by atoms with Gasteiger partial charge in [0.2, 0.25) is 0 Å².